The van der Waals surface area contributed by atoms with E-state index >= 15 is 0 Å². The summed E-state index contributed by atoms with van der Waals surface area (Å²) >= 11 is 3.43. The summed E-state index contributed by atoms with van der Waals surface area (Å²) in [5, 5.41) is 8.68. The van der Waals surface area contributed by atoms with Crippen LogP contribution in [0.15, 0.2) is 22.7 Å². The van der Waals surface area contributed by atoms with E-state index in [0.29, 0.717) is 0 Å². The molecule has 0 aliphatic carbocycles. The molecule has 0 aliphatic rings. The third-order valence-corrected chi connectivity index (χ3v) is 2.59. The number of ether oxygens (including phenoxy) is 1. The van der Waals surface area contributed by atoms with Crippen molar-refractivity contribution < 1.29 is 9.84 Å². The number of unbranched alkanes of at least 4 members (excludes halogenated alkanes) is 1. The quantitative estimate of drug-likeness (QED) is 0.824. The number of halogens is 1. The van der Waals surface area contributed by atoms with Crippen LogP contribution in [0.1, 0.15) is 18.4 Å². The van der Waals surface area contributed by atoms with Gasteiger partial charge in [-0.15, -0.1) is 0 Å². The molecule has 0 spiro atoms. The molecule has 0 saturated carbocycles. The van der Waals surface area contributed by atoms with Crippen molar-refractivity contribution in [2.24, 2.45) is 0 Å². The van der Waals surface area contributed by atoms with Crippen LogP contribution in [0.5, 0.6) is 5.75 Å². The zero-order chi connectivity index (χ0) is 10.4. The van der Waals surface area contributed by atoms with Gasteiger partial charge in [0, 0.05) is 11.1 Å². The molecular formula is C11H15BrO2. The summed E-state index contributed by atoms with van der Waals surface area (Å²) in [5.41, 5.74) is 1.19. The zero-order valence-electron chi connectivity index (χ0n) is 8.29. The highest BCUT2D eigenvalue weighted by Crippen LogP contribution is 2.24. The molecule has 3 heteroatoms. The van der Waals surface area contributed by atoms with Crippen LogP contribution in [0.4, 0.5) is 0 Å². The fourth-order valence-electron chi connectivity index (χ4n) is 1.37. The zero-order valence-corrected chi connectivity index (χ0v) is 9.88. The lowest BCUT2D eigenvalue weighted by Gasteiger charge is -2.08. The van der Waals surface area contributed by atoms with E-state index in [1.54, 1.807) is 7.11 Å². The molecule has 1 rings (SSSR count). The van der Waals surface area contributed by atoms with E-state index in [1.807, 2.05) is 12.1 Å². The predicted octanol–water partition coefficient (Wildman–Crippen LogP) is 2.77. The molecule has 0 aliphatic heterocycles. The Morgan fingerprint density at radius 2 is 2.14 bits per heavy atom. The maximum absolute atomic E-state index is 8.68. The van der Waals surface area contributed by atoms with Crippen molar-refractivity contribution in [3.05, 3.63) is 28.2 Å². The van der Waals surface area contributed by atoms with Gasteiger partial charge in [0.1, 0.15) is 5.75 Å². The van der Waals surface area contributed by atoms with Crippen LogP contribution in [-0.2, 0) is 6.42 Å². The minimum absolute atomic E-state index is 0.260. The third kappa shape index (κ3) is 3.31. The van der Waals surface area contributed by atoms with Crippen LogP contribution in [-0.4, -0.2) is 18.8 Å². The van der Waals surface area contributed by atoms with Crippen LogP contribution >= 0.6 is 15.9 Å². The second-order valence-corrected chi connectivity index (χ2v) is 4.05. The Balaban J connectivity index is 2.67. The fraction of sp³-hybridized carbons (Fsp3) is 0.455. The molecule has 0 heterocycles. The van der Waals surface area contributed by atoms with Gasteiger partial charge < -0.3 is 9.84 Å². The molecule has 0 amide bonds. The number of hydrogen-bond acceptors (Lipinski definition) is 2. The Labute approximate surface area is 93.0 Å². The molecule has 78 valence electrons. The molecule has 0 bridgehead atoms. The van der Waals surface area contributed by atoms with Crippen molar-refractivity contribution in [2.75, 3.05) is 13.7 Å². The maximum atomic E-state index is 8.68. The van der Waals surface area contributed by atoms with E-state index in [-0.39, 0.29) is 6.61 Å². The highest BCUT2D eigenvalue weighted by atomic mass is 79.9. The second-order valence-electron chi connectivity index (χ2n) is 3.14. The first kappa shape index (κ1) is 11.5. The van der Waals surface area contributed by atoms with E-state index in [2.05, 4.69) is 22.0 Å². The molecule has 1 aromatic carbocycles. The average molecular weight is 259 g/mol. The van der Waals surface area contributed by atoms with Crippen LogP contribution in [0.2, 0.25) is 0 Å². The second kappa shape index (κ2) is 6.04. The number of aliphatic hydroxyl groups excluding tert-OH is 1. The van der Waals surface area contributed by atoms with Gasteiger partial charge in [0.25, 0.3) is 0 Å². The summed E-state index contributed by atoms with van der Waals surface area (Å²) in [6.07, 6.45) is 2.78. The topological polar surface area (TPSA) is 29.5 Å². The number of aliphatic hydroxyl groups is 1. The van der Waals surface area contributed by atoms with Gasteiger partial charge in [-0.2, -0.15) is 0 Å². The first-order valence-corrected chi connectivity index (χ1v) is 5.50. The normalized spacial score (nSPS) is 10.2. The predicted molar refractivity (Wildman–Crippen MR) is 60.7 cm³/mol. The third-order valence-electron chi connectivity index (χ3n) is 2.10. The summed E-state index contributed by atoms with van der Waals surface area (Å²) in [7, 11) is 1.68. The highest BCUT2D eigenvalue weighted by molar-refractivity contribution is 9.10. The SMILES string of the molecule is COc1ccc(Br)cc1CCCCO. The van der Waals surface area contributed by atoms with Gasteiger partial charge in [-0.25, -0.2) is 0 Å². The maximum Gasteiger partial charge on any atom is 0.122 e. The Kier molecular flexibility index (Phi) is 4.98. The van der Waals surface area contributed by atoms with Gasteiger partial charge in [0.15, 0.2) is 0 Å². The number of aryl methyl sites for hydroxylation is 1. The summed E-state index contributed by atoms with van der Waals surface area (Å²) < 4.78 is 6.31. The number of hydrogen-bond donors (Lipinski definition) is 1. The molecule has 14 heavy (non-hydrogen) atoms. The minimum Gasteiger partial charge on any atom is -0.496 e. The fourth-order valence-corrected chi connectivity index (χ4v) is 1.78. The van der Waals surface area contributed by atoms with E-state index in [0.717, 1.165) is 29.5 Å². The summed E-state index contributed by atoms with van der Waals surface area (Å²) in [6, 6.07) is 5.99. The Hall–Kier alpha value is -0.540. The van der Waals surface area contributed by atoms with Crippen LogP contribution in [0, 0.1) is 0 Å². The number of rotatable bonds is 5. The van der Waals surface area contributed by atoms with Crippen LogP contribution in [0.3, 0.4) is 0 Å². The monoisotopic (exact) mass is 258 g/mol. The van der Waals surface area contributed by atoms with Crippen molar-refractivity contribution in [1.29, 1.82) is 0 Å². The molecule has 0 fully saturated rings. The standard InChI is InChI=1S/C11H15BrO2/c1-14-11-6-5-10(12)8-9(11)4-2-3-7-13/h5-6,8,13H,2-4,7H2,1H3. The van der Waals surface area contributed by atoms with Gasteiger partial charge in [0.05, 0.1) is 7.11 Å². The summed E-state index contributed by atoms with van der Waals surface area (Å²) in [4.78, 5) is 0. The first-order chi connectivity index (χ1) is 6.77. The van der Waals surface area contributed by atoms with Gasteiger partial charge in [0.2, 0.25) is 0 Å². The van der Waals surface area contributed by atoms with Crippen LogP contribution < -0.4 is 4.74 Å². The van der Waals surface area contributed by atoms with E-state index in [1.165, 1.54) is 5.56 Å². The lowest BCUT2D eigenvalue weighted by atomic mass is 10.1. The van der Waals surface area contributed by atoms with Gasteiger partial charge in [-0.05, 0) is 43.0 Å². The lowest BCUT2D eigenvalue weighted by Crippen LogP contribution is -1.93. The van der Waals surface area contributed by atoms with Crippen molar-refractivity contribution in [2.45, 2.75) is 19.3 Å². The smallest absolute Gasteiger partial charge is 0.122 e. The Morgan fingerprint density at radius 1 is 1.36 bits per heavy atom. The molecule has 0 aromatic heterocycles. The molecule has 1 N–H and O–H groups in total. The van der Waals surface area contributed by atoms with Gasteiger partial charge in [-0.1, -0.05) is 15.9 Å². The van der Waals surface area contributed by atoms with Crippen LogP contribution in [0.25, 0.3) is 0 Å². The minimum atomic E-state index is 0.260. The highest BCUT2D eigenvalue weighted by Gasteiger charge is 2.02. The number of benzene rings is 1. The molecule has 0 saturated heterocycles. The summed E-state index contributed by atoms with van der Waals surface area (Å²) in [6.45, 7) is 0.260. The van der Waals surface area contributed by atoms with Crippen molar-refractivity contribution >= 4 is 15.9 Å². The number of methoxy groups -OCH3 is 1. The van der Waals surface area contributed by atoms with E-state index < -0.39 is 0 Å². The largest absolute Gasteiger partial charge is 0.496 e. The first-order valence-electron chi connectivity index (χ1n) is 4.71. The molecule has 0 atom stereocenters. The molecule has 2 nitrogen and oxygen atoms in total. The summed E-state index contributed by atoms with van der Waals surface area (Å²) in [5.74, 6) is 0.922. The van der Waals surface area contributed by atoms with Crippen molar-refractivity contribution in [3.63, 3.8) is 0 Å². The van der Waals surface area contributed by atoms with E-state index in [4.69, 9.17) is 9.84 Å². The van der Waals surface area contributed by atoms with Gasteiger partial charge in [-0.3, -0.25) is 0 Å². The molecule has 0 unspecified atom stereocenters. The van der Waals surface area contributed by atoms with Gasteiger partial charge >= 0.3 is 0 Å². The van der Waals surface area contributed by atoms with Crippen molar-refractivity contribution in [3.8, 4) is 5.75 Å². The van der Waals surface area contributed by atoms with E-state index in [9.17, 15) is 0 Å². The Bertz CT molecular complexity index is 287. The molecule has 0 radical (unpaired) electrons. The average Bonchev–Trinajstić information content (AvgIpc) is 2.19. The van der Waals surface area contributed by atoms with Crippen molar-refractivity contribution in [1.82, 2.24) is 0 Å². The Morgan fingerprint density at radius 3 is 2.79 bits per heavy atom. The molecular weight excluding hydrogens is 244 g/mol. The molecule has 1 aromatic rings. The lowest BCUT2D eigenvalue weighted by molar-refractivity contribution is 0.284.